The van der Waals surface area contributed by atoms with E-state index in [1.807, 2.05) is 23.1 Å². The molecule has 2 saturated carbocycles. The summed E-state index contributed by atoms with van der Waals surface area (Å²) in [6.07, 6.45) is 6.36. The average molecular weight is 358 g/mol. The van der Waals surface area contributed by atoms with E-state index in [0.29, 0.717) is 17.1 Å². The molecule has 2 heterocycles. The van der Waals surface area contributed by atoms with Crippen molar-refractivity contribution in [3.8, 4) is 6.07 Å². The van der Waals surface area contributed by atoms with Crippen LogP contribution in [0, 0.1) is 23.2 Å². The number of piperidine rings is 1. The Kier molecular flexibility index (Phi) is 4.37. The third kappa shape index (κ3) is 3.00. The molecule has 5 heteroatoms. The second kappa shape index (κ2) is 6.53. The first-order valence-corrected chi connectivity index (χ1v) is 9.73. The van der Waals surface area contributed by atoms with Gasteiger partial charge in [-0.2, -0.15) is 5.26 Å². The number of halogens is 1. The molecule has 2 bridgehead atoms. The Bertz CT molecular complexity index is 716. The predicted molar refractivity (Wildman–Crippen MR) is 98.6 cm³/mol. The lowest BCUT2D eigenvalue weighted by Gasteiger charge is -2.54. The van der Waals surface area contributed by atoms with Crippen molar-refractivity contribution in [2.24, 2.45) is 11.8 Å². The van der Waals surface area contributed by atoms with E-state index in [0.717, 1.165) is 55.7 Å². The van der Waals surface area contributed by atoms with Gasteiger partial charge in [0.15, 0.2) is 0 Å². The second-order valence-corrected chi connectivity index (χ2v) is 8.37. The summed E-state index contributed by atoms with van der Waals surface area (Å²) in [5.74, 6) is 0.929. The Morgan fingerprint density at radius 1 is 1.28 bits per heavy atom. The number of urea groups is 1. The lowest BCUT2D eigenvalue weighted by Crippen LogP contribution is -2.63. The summed E-state index contributed by atoms with van der Waals surface area (Å²) >= 11 is 6.40. The number of carbonyl (C=O) groups excluding carboxylic acids is 1. The largest absolute Gasteiger partial charge is 0.322 e. The quantitative estimate of drug-likeness (QED) is 0.795. The Morgan fingerprint density at radius 2 is 2.04 bits per heavy atom. The van der Waals surface area contributed by atoms with Gasteiger partial charge in [0.1, 0.15) is 0 Å². The summed E-state index contributed by atoms with van der Waals surface area (Å²) in [6, 6.07) is 8.90. The first-order valence-electron chi connectivity index (χ1n) is 9.35. The van der Waals surface area contributed by atoms with Crippen LogP contribution in [0.5, 0.6) is 0 Å². The predicted octanol–water partition coefficient (Wildman–Crippen LogP) is 5.15. The van der Waals surface area contributed by atoms with Gasteiger partial charge >= 0.3 is 6.03 Å². The molecule has 0 spiro atoms. The van der Waals surface area contributed by atoms with E-state index in [-0.39, 0.29) is 17.9 Å². The highest BCUT2D eigenvalue weighted by molar-refractivity contribution is 6.31. The number of nitrogens with one attached hydrogen (secondary N) is 1. The first-order chi connectivity index (χ1) is 12.1. The summed E-state index contributed by atoms with van der Waals surface area (Å²) in [5, 5.41) is 13.1. The zero-order valence-electron chi connectivity index (χ0n) is 14.5. The molecule has 0 radical (unpaired) electrons. The van der Waals surface area contributed by atoms with Gasteiger partial charge in [-0.3, -0.25) is 0 Å². The molecule has 5 rings (SSSR count). The lowest BCUT2D eigenvalue weighted by molar-refractivity contribution is -0.00601. The SMILES string of the molecule is CC1CC2C[C@@H](C1)N2C(=O)Nc1ccc(Cl)c([C@@H]2CCCC2C#N)c1. The highest BCUT2D eigenvalue weighted by atomic mass is 35.5. The molecule has 1 N–H and O–H groups in total. The van der Waals surface area contributed by atoms with Crippen LogP contribution in [0.3, 0.4) is 0 Å². The summed E-state index contributed by atoms with van der Waals surface area (Å²) in [6.45, 7) is 2.27. The molecule has 2 saturated heterocycles. The first kappa shape index (κ1) is 16.7. The number of hydrogen-bond acceptors (Lipinski definition) is 2. The molecule has 0 aromatic heterocycles. The molecule has 1 aromatic rings. The maximum atomic E-state index is 12.7. The van der Waals surface area contributed by atoms with Gasteiger partial charge in [-0.1, -0.05) is 24.9 Å². The Labute approximate surface area is 154 Å². The van der Waals surface area contributed by atoms with Crippen molar-refractivity contribution in [2.75, 3.05) is 5.32 Å². The molecule has 3 unspecified atom stereocenters. The van der Waals surface area contributed by atoms with Gasteiger partial charge in [0, 0.05) is 28.7 Å². The van der Waals surface area contributed by atoms with Crippen LogP contribution in [0.4, 0.5) is 10.5 Å². The number of benzene rings is 1. The van der Waals surface area contributed by atoms with Gasteiger partial charge in [0.05, 0.1) is 12.0 Å². The number of nitriles is 1. The zero-order valence-corrected chi connectivity index (χ0v) is 15.3. The maximum Gasteiger partial charge on any atom is 0.322 e. The molecule has 2 amide bonds. The maximum absolute atomic E-state index is 12.7. The smallest absolute Gasteiger partial charge is 0.318 e. The van der Waals surface area contributed by atoms with Crippen LogP contribution in [0.25, 0.3) is 0 Å². The molecular formula is C20H24ClN3O. The van der Waals surface area contributed by atoms with Gasteiger partial charge in [-0.05, 0) is 61.8 Å². The number of carbonyl (C=O) groups is 1. The number of anilines is 1. The minimum absolute atomic E-state index is 0.00433. The third-order valence-electron chi connectivity index (χ3n) is 6.24. The summed E-state index contributed by atoms with van der Waals surface area (Å²) in [5.41, 5.74) is 1.78. The topological polar surface area (TPSA) is 56.1 Å². The fourth-order valence-electron chi connectivity index (χ4n) is 5.06. The zero-order chi connectivity index (χ0) is 17.6. The van der Waals surface area contributed by atoms with Crippen molar-refractivity contribution < 1.29 is 4.79 Å². The second-order valence-electron chi connectivity index (χ2n) is 7.97. The number of nitrogens with zero attached hydrogens (tertiary/aromatic N) is 2. The fourth-order valence-corrected chi connectivity index (χ4v) is 5.32. The van der Waals surface area contributed by atoms with E-state index < -0.39 is 0 Å². The van der Waals surface area contributed by atoms with Crippen molar-refractivity contribution >= 4 is 23.3 Å². The third-order valence-corrected chi connectivity index (χ3v) is 6.59. The number of fused-ring (bicyclic) bond motifs is 2. The van der Waals surface area contributed by atoms with Crippen molar-refractivity contribution in [1.82, 2.24) is 4.90 Å². The van der Waals surface area contributed by atoms with Gasteiger partial charge < -0.3 is 10.2 Å². The molecule has 25 heavy (non-hydrogen) atoms. The highest BCUT2D eigenvalue weighted by Crippen LogP contribution is 2.43. The molecule has 1 aromatic carbocycles. The fraction of sp³-hybridized carbons (Fsp3) is 0.600. The molecule has 5 atom stereocenters. The molecular weight excluding hydrogens is 334 g/mol. The van der Waals surface area contributed by atoms with E-state index in [1.54, 1.807) is 0 Å². The van der Waals surface area contributed by atoms with Crippen molar-refractivity contribution in [3.63, 3.8) is 0 Å². The van der Waals surface area contributed by atoms with Crippen LogP contribution >= 0.6 is 11.6 Å². The molecule has 4 nitrogen and oxygen atoms in total. The molecule has 4 fully saturated rings. The van der Waals surface area contributed by atoms with Crippen LogP contribution in [0.2, 0.25) is 5.02 Å². The van der Waals surface area contributed by atoms with Crippen molar-refractivity contribution in [3.05, 3.63) is 28.8 Å². The average Bonchev–Trinajstić information content (AvgIpc) is 3.04. The minimum Gasteiger partial charge on any atom is -0.318 e. The molecule has 4 aliphatic rings. The van der Waals surface area contributed by atoms with Crippen LogP contribution < -0.4 is 5.32 Å². The van der Waals surface area contributed by atoms with Gasteiger partial charge in [0.2, 0.25) is 0 Å². The summed E-state index contributed by atoms with van der Waals surface area (Å²) < 4.78 is 0. The lowest BCUT2D eigenvalue weighted by atomic mass is 9.74. The standard InChI is InChI=1S/C20H24ClN3O/c1-12-7-15-10-16(8-12)24(15)20(25)23-14-5-6-19(21)18(9-14)17-4-2-3-13(17)11-22/h5-6,9,12-13,15-17H,2-4,7-8,10H2,1H3,(H,23,25)/t12?,13?,15-,16?,17-/m1/s1. The number of rotatable bonds is 2. The van der Waals surface area contributed by atoms with Crippen LogP contribution in [0.1, 0.15) is 56.9 Å². The number of hydrogen-bond donors (Lipinski definition) is 1. The Balaban J connectivity index is 1.49. The highest BCUT2D eigenvalue weighted by Gasteiger charge is 2.46. The van der Waals surface area contributed by atoms with Gasteiger partial charge in [-0.25, -0.2) is 4.79 Å². The van der Waals surface area contributed by atoms with Crippen molar-refractivity contribution in [2.45, 2.75) is 63.5 Å². The summed E-state index contributed by atoms with van der Waals surface area (Å²) in [7, 11) is 0. The van der Waals surface area contributed by atoms with E-state index in [1.165, 1.54) is 0 Å². The van der Waals surface area contributed by atoms with Gasteiger partial charge in [0.25, 0.3) is 0 Å². The summed E-state index contributed by atoms with van der Waals surface area (Å²) in [4.78, 5) is 14.7. The van der Waals surface area contributed by atoms with Crippen molar-refractivity contribution in [1.29, 1.82) is 5.26 Å². The van der Waals surface area contributed by atoms with E-state index in [9.17, 15) is 10.1 Å². The minimum atomic E-state index is 0.00433. The molecule has 2 aliphatic heterocycles. The van der Waals surface area contributed by atoms with Crippen LogP contribution in [0.15, 0.2) is 18.2 Å². The monoisotopic (exact) mass is 357 g/mol. The molecule has 2 aliphatic carbocycles. The molecule has 132 valence electrons. The van der Waals surface area contributed by atoms with E-state index >= 15 is 0 Å². The Morgan fingerprint density at radius 3 is 2.76 bits per heavy atom. The Hall–Kier alpha value is -1.73. The van der Waals surface area contributed by atoms with Crippen LogP contribution in [-0.4, -0.2) is 23.0 Å². The van der Waals surface area contributed by atoms with E-state index in [4.69, 9.17) is 11.6 Å². The van der Waals surface area contributed by atoms with Crippen LogP contribution in [-0.2, 0) is 0 Å². The van der Waals surface area contributed by atoms with Gasteiger partial charge in [-0.15, -0.1) is 0 Å². The normalized spacial score (nSPS) is 33.5. The number of amides is 2. The van der Waals surface area contributed by atoms with E-state index in [2.05, 4.69) is 18.3 Å².